The first kappa shape index (κ1) is 18.5. The van der Waals surface area contributed by atoms with Crippen molar-refractivity contribution in [3.63, 3.8) is 0 Å². The van der Waals surface area contributed by atoms with Gasteiger partial charge < -0.3 is 20.1 Å². The summed E-state index contributed by atoms with van der Waals surface area (Å²) in [6.07, 6.45) is 1.52. The lowest BCUT2D eigenvalue weighted by molar-refractivity contribution is 0.0936. The van der Waals surface area contributed by atoms with Crippen LogP contribution in [0.1, 0.15) is 22.1 Å². The lowest BCUT2D eigenvalue weighted by atomic mass is 10.0. The van der Waals surface area contributed by atoms with Gasteiger partial charge in [0.2, 0.25) is 0 Å². The highest BCUT2D eigenvalue weighted by atomic mass is 16.6. The molecule has 6 rings (SSSR count). The number of hydrogen-bond donors (Lipinski definition) is 2. The number of anilines is 1. The van der Waals surface area contributed by atoms with Gasteiger partial charge in [0.25, 0.3) is 5.91 Å². The van der Waals surface area contributed by atoms with Crippen LogP contribution in [0.25, 0.3) is 16.9 Å². The summed E-state index contributed by atoms with van der Waals surface area (Å²) < 4.78 is 13.3. The summed E-state index contributed by atoms with van der Waals surface area (Å²) in [5.41, 5.74) is 4.84. The molecule has 1 atom stereocenters. The Hall–Kier alpha value is -4.26. The molecule has 0 bridgehead atoms. The second-order valence-electron chi connectivity index (χ2n) is 7.67. The first-order chi connectivity index (χ1) is 15.8. The molecule has 0 saturated heterocycles. The van der Waals surface area contributed by atoms with E-state index in [-0.39, 0.29) is 5.91 Å². The Labute approximate surface area is 184 Å². The predicted octanol–water partition coefficient (Wildman–Crippen LogP) is 4.16. The van der Waals surface area contributed by atoms with E-state index in [0.717, 1.165) is 33.9 Å². The second-order valence-corrected chi connectivity index (χ2v) is 7.67. The Balaban J connectivity index is 1.47. The smallest absolute Gasteiger partial charge is 0.255 e. The average Bonchev–Trinajstić information content (AvgIpc) is 3.30. The average molecular weight is 424 g/mol. The molecule has 32 heavy (non-hydrogen) atoms. The van der Waals surface area contributed by atoms with Gasteiger partial charge in [0.1, 0.15) is 25.1 Å². The second kappa shape index (κ2) is 7.46. The fourth-order valence-electron chi connectivity index (χ4n) is 4.09. The number of benzene rings is 3. The van der Waals surface area contributed by atoms with Crippen molar-refractivity contribution in [3.05, 3.63) is 90.1 Å². The van der Waals surface area contributed by atoms with Crippen molar-refractivity contribution in [2.24, 2.45) is 0 Å². The van der Waals surface area contributed by atoms with E-state index >= 15 is 0 Å². The molecule has 0 fully saturated rings. The lowest BCUT2D eigenvalue weighted by Gasteiger charge is -2.28. The molecule has 3 heterocycles. The van der Waals surface area contributed by atoms with Crippen LogP contribution >= 0.6 is 0 Å². The van der Waals surface area contributed by atoms with Gasteiger partial charge in [-0.1, -0.05) is 30.3 Å². The quantitative estimate of drug-likeness (QED) is 0.516. The number of para-hydroxylation sites is 2. The standard InChI is InChI=1S/C25H20N4O3/c30-25-18-8-4-5-9-20(18)26-24(27-25)19-15-29(17-6-2-1-3-7-17)28-23(19)16-10-11-21-22(14-16)32-13-12-31-21/h1-11,14-15,24,26H,12-13H2,(H,27,30). The van der Waals surface area contributed by atoms with E-state index in [0.29, 0.717) is 24.5 Å². The number of rotatable bonds is 3. The molecule has 0 radical (unpaired) electrons. The molecule has 1 aromatic heterocycles. The van der Waals surface area contributed by atoms with Gasteiger partial charge in [0, 0.05) is 23.0 Å². The molecule has 2 N–H and O–H groups in total. The van der Waals surface area contributed by atoms with Gasteiger partial charge in [-0.05, 0) is 42.5 Å². The Morgan fingerprint density at radius 2 is 1.66 bits per heavy atom. The molecule has 0 spiro atoms. The van der Waals surface area contributed by atoms with E-state index in [9.17, 15) is 4.79 Å². The molecule has 4 aromatic rings. The zero-order valence-corrected chi connectivity index (χ0v) is 17.1. The maximum absolute atomic E-state index is 12.8. The third-order valence-electron chi connectivity index (χ3n) is 5.64. The summed E-state index contributed by atoms with van der Waals surface area (Å²) in [5, 5.41) is 11.4. The topological polar surface area (TPSA) is 77.4 Å². The molecular weight excluding hydrogens is 404 g/mol. The Morgan fingerprint density at radius 1 is 0.875 bits per heavy atom. The number of hydrogen-bond acceptors (Lipinski definition) is 5. The van der Waals surface area contributed by atoms with E-state index in [1.807, 2.05) is 83.7 Å². The zero-order valence-electron chi connectivity index (χ0n) is 17.1. The number of aromatic nitrogens is 2. The van der Waals surface area contributed by atoms with Gasteiger partial charge in [-0.15, -0.1) is 0 Å². The SMILES string of the molecule is O=C1NC(c2cn(-c3ccccc3)nc2-c2ccc3c(c2)OCCO3)Nc2ccccc21. The van der Waals surface area contributed by atoms with Crippen LogP contribution in [0.2, 0.25) is 0 Å². The summed E-state index contributed by atoms with van der Waals surface area (Å²) in [6, 6.07) is 23.2. The number of fused-ring (bicyclic) bond motifs is 2. The van der Waals surface area contributed by atoms with Crippen LogP contribution in [0.3, 0.4) is 0 Å². The molecule has 2 aliphatic heterocycles. The van der Waals surface area contributed by atoms with E-state index in [1.54, 1.807) is 0 Å². The molecule has 0 saturated carbocycles. The zero-order chi connectivity index (χ0) is 21.5. The van der Waals surface area contributed by atoms with Gasteiger partial charge in [-0.2, -0.15) is 5.10 Å². The maximum Gasteiger partial charge on any atom is 0.255 e. The highest BCUT2D eigenvalue weighted by Crippen LogP contribution is 2.37. The van der Waals surface area contributed by atoms with E-state index in [4.69, 9.17) is 14.6 Å². The minimum atomic E-state index is -0.432. The van der Waals surface area contributed by atoms with Gasteiger partial charge in [0.15, 0.2) is 11.5 Å². The van der Waals surface area contributed by atoms with Crippen LogP contribution in [0.5, 0.6) is 11.5 Å². The summed E-state index contributed by atoms with van der Waals surface area (Å²) >= 11 is 0. The molecule has 7 heteroatoms. The summed E-state index contributed by atoms with van der Waals surface area (Å²) in [6.45, 7) is 1.05. The molecule has 2 aliphatic rings. The van der Waals surface area contributed by atoms with Gasteiger partial charge in [-0.3, -0.25) is 4.79 Å². The summed E-state index contributed by atoms with van der Waals surface area (Å²) in [4.78, 5) is 12.8. The largest absolute Gasteiger partial charge is 0.486 e. The molecular formula is C25H20N4O3. The molecule has 7 nitrogen and oxygen atoms in total. The van der Waals surface area contributed by atoms with Crippen LogP contribution in [0.4, 0.5) is 5.69 Å². The lowest BCUT2D eigenvalue weighted by Crippen LogP contribution is -2.38. The monoisotopic (exact) mass is 424 g/mol. The number of nitrogens with zero attached hydrogens (tertiary/aromatic N) is 2. The highest BCUT2D eigenvalue weighted by molar-refractivity contribution is 6.01. The van der Waals surface area contributed by atoms with Crippen molar-refractivity contribution in [2.75, 3.05) is 18.5 Å². The van der Waals surface area contributed by atoms with Crippen LogP contribution in [-0.2, 0) is 0 Å². The Morgan fingerprint density at radius 3 is 2.53 bits per heavy atom. The highest BCUT2D eigenvalue weighted by Gasteiger charge is 2.29. The summed E-state index contributed by atoms with van der Waals surface area (Å²) in [7, 11) is 0. The first-order valence-electron chi connectivity index (χ1n) is 10.5. The number of amides is 1. The Bertz CT molecular complexity index is 1320. The minimum Gasteiger partial charge on any atom is -0.486 e. The predicted molar refractivity (Wildman–Crippen MR) is 120 cm³/mol. The van der Waals surface area contributed by atoms with Gasteiger partial charge in [0.05, 0.1) is 11.3 Å². The van der Waals surface area contributed by atoms with Crippen LogP contribution in [0.15, 0.2) is 79.0 Å². The van der Waals surface area contributed by atoms with Crippen molar-refractivity contribution >= 4 is 11.6 Å². The first-order valence-corrected chi connectivity index (χ1v) is 10.5. The third kappa shape index (κ3) is 3.15. The Kier molecular flexibility index (Phi) is 4.31. The van der Waals surface area contributed by atoms with Crippen molar-refractivity contribution in [1.82, 2.24) is 15.1 Å². The van der Waals surface area contributed by atoms with Crippen molar-refractivity contribution in [2.45, 2.75) is 6.17 Å². The third-order valence-corrected chi connectivity index (χ3v) is 5.64. The van der Waals surface area contributed by atoms with Crippen LogP contribution in [-0.4, -0.2) is 28.9 Å². The van der Waals surface area contributed by atoms with E-state index in [1.165, 1.54) is 0 Å². The molecule has 1 unspecified atom stereocenters. The van der Waals surface area contributed by atoms with Crippen LogP contribution in [0, 0.1) is 0 Å². The number of nitrogens with one attached hydrogen (secondary N) is 2. The maximum atomic E-state index is 12.8. The summed E-state index contributed by atoms with van der Waals surface area (Å²) in [5.74, 6) is 1.30. The normalized spacial score (nSPS) is 16.6. The number of carbonyl (C=O) groups is 1. The van der Waals surface area contributed by atoms with E-state index < -0.39 is 6.17 Å². The van der Waals surface area contributed by atoms with Crippen molar-refractivity contribution in [3.8, 4) is 28.4 Å². The molecule has 0 aliphatic carbocycles. The number of carbonyl (C=O) groups excluding carboxylic acids is 1. The fraction of sp³-hybridized carbons (Fsp3) is 0.120. The number of ether oxygens (including phenoxy) is 2. The van der Waals surface area contributed by atoms with Gasteiger partial charge in [-0.25, -0.2) is 4.68 Å². The van der Waals surface area contributed by atoms with Crippen LogP contribution < -0.4 is 20.1 Å². The molecule has 3 aromatic carbocycles. The molecule has 1 amide bonds. The fourth-order valence-corrected chi connectivity index (χ4v) is 4.09. The minimum absolute atomic E-state index is 0.120. The molecule has 158 valence electrons. The van der Waals surface area contributed by atoms with Gasteiger partial charge >= 0.3 is 0 Å². The van der Waals surface area contributed by atoms with E-state index in [2.05, 4.69) is 10.6 Å². The van der Waals surface area contributed by atoms with Crippen molar-refractivity contribution < 1.29 is 14.3 Å². The van der Waals surface area contributed by atoms with Crippen molar-refractivity contribution in [1.29, 1.82) is 0 Å².